The van der Waals surface area contributed by atoms with Crippen molar-refractivity contribution in [2.75, 3.05) is 19.6 Å². The summed E-state index contributed by atoms with van der Waals surface area (Å²) in [4.78, 5) is 2.63. The fraction of sp³-hybridized carbons (Fsp3) is 1.00. The van der Waals surface area contributed by atoms with Crippen molar-refractivity contribution < 1.29 is 0 Å². The van der Waals surface area contributed by atoms with Crippen molar-refractivity contribution in [2.24, 2.45) is 23.0 Å². The van der Waals surface area contributed by atoms with E-state index in [1.54, 1.807) is 0 Å². The highest BCUT2D eigenvalue weighted by molar-refractivity contribution is 4.90. The quantitative estimate of drug-likeness (QED) is 0.754. The van der Waals surface area contributed by atoms with E-state index in [0.29, 0.717) is 0 Å². The molecule has 96 valence electrons. The van der Waals surface area contributed by atoms with Crippen LogP contribution in [-0.2, 0) is 0 Å². The Kier molecular flexibility index (Phi) is 4.81. The zero-order valence-electron chi connectivity index (χ0n) is 11.8. The molecule has 2 N–H and O–H groups in total. The van der Waals surface area contributed by atoms with Crippen LogP contribution in [-0.4, -0.2) is 30.6 Å². The molecule has 16 heavy (non-hydrogen) atoms. The molecule has 0 saturated heterocycles. The fourth-order valence-electron chi connectivity index (χ4n) is 2.59. The minimum atomic E-state index is 0.263. The summed E-state index contributed by atoms with van der Waals surface area (Å²) in [5.74, 6) is 1.82. The summed E-state index contributed by atoms with van der Waals surface area (Å²) < 4.78 is 0. The maximum absolute atomic E-state index is 5.82. The van der Waals surface area contributed by atoms with Gasteiger partial charge in [-0.1, -0.05) is 34.6 Å². The highest BCUT2D eigenvalue weighted by Gasteiger charge is 2.36. The Morgan fingerprint density at radius 1 is 1.31 bits per heavy atom. The van der Waals surface area contributed by atoms with Gasteiger partial charge in [-0.2, -0.15) is 0 Å². The van der Waals surface area contributed by atoms with Crippen LogP contribution in [0.3, 0.4) is 0 Å². The molecule has 1 aliphatic carbocycles. The predicted octanol–water partition coefficient (Wildman–Crippen LogP) is 2.73. The van der Waals surface area contributed by atoms with Gasteiger partial charge in [0.15, 0.2) is 0 Å². The van der Waals surface area contributed by atoms with Gasteiger partial charge in [0.1, 0.15) is 0 Å². The molecule has 0 aromatic heterocycles. The first kappa shape index (κ1) is 14.0. The van der Waals surface area contributed by atoms with Crippen LogP contribution in [0.5, 0.6) is 0 Å². The van der Waals surface area contributed by atoms with Gasteiger partial charge >= 0.3 is 0 Å². The zero-order valence-corrected chi connectivity index (χ0v) is 11.8. The van der Waals surface area contributed by atoms with Crippen molar-refractivity contribution in [3.63, 3.8) is 0 Å². The molecule has 0 aromatic carbocycles. The van der Waals surface area contributed by atoms with Crippen molar-refractivity contribution in [2.45, 2.75) is 53.5 Å². The summed E-state index contributed by atoms with van der Waals surface area (Å²) in [5.41, 5.74) is 6.08. The molecule has 0 aliphatic heterocycles. The van der Waals surface area contributed by atoms with Gasteiger partial charge in [-0.25, -0.2) is 0 Å². The lowest BCUT2D eigenvalue weighted by Crippen LogP contribution is -2.50. The molecule has 1 saturated carbocycles. The Bertz CT molecular complexity index is 205. The van der Waals surface area contributed by atoms with E-state index in [2.05, 4.69) is 39.5 Å². The van der Waals surface area contributed by atoms with Crippen LogP contribution in [0.25, 0.3) is 0 Å². The SMILES string of the molecule is CCN(CC(C)(C)CN)C1CC(C(C)C)C1. The van der Waals surface area contributed by atoms with E-state index in [1.807, 2.05) is 0 Å². The first-order valence-corrected chi connectivity index (χ1v) is 6.83. The Morgan fingerprint density at radius 2 is 1.88 bits per heavy atom. The average Bonchev–Trinajstić information content (AvgIpc) is 2.13. The van der Waals surface area contributed by atoms with Crippen molar-refractivity contribution >= 4 is 0 Å². The lowest BCUT2D eigenvalue weighted by Gasteiger charge is -2.46. The molecule has 2 nitrogen and oxygen atoms in total. The normalized spacial score (nSPS) is 26.2. The predicted molar refractivity (Wildman–Crippen MR) is 71.4 cm³/mol. The van der Waals surface area contributed by atoms with E-state index in [9.17, 15) is 0 Å². The Morgan fingerprint density at radius 3 is 2.25 bits per heavy atom. The number of hydrogen-bond acceptors (Lipinski definition) is 2. The monoisotopic (exact) mass is 226 g/mol. The molecule has 0 atom stereocenters. The molecule has 0 radical (unpaired) electrons. The molecule has 0 bridgehead atoms. The second kappa shape index (κ2) is 5.50. The van der Waals surface area contributed by atoms with E-state index in [1.165, 1.54) is 19.4 Å². The molecule has 2 heteroatoms. The van der Waals surface area contributed by atoms with Crippen molar-refractivity contribution in [1.82, 2.24) is 4.90 Å². The van der Waals surface area contributed by atoms with Gasteiger partial charge in [0.05, 0.1) is 0 Å². The first-order chi connectivity index (χ1) is 7.39. The molecule has 1 fully saturated rings. The number of nitrogens with zero attached hydrogens (tertiary/aromatic N) is 1. The van der Waals surface area contributed by atoms with Crippen LogP contribution in [0.4, 0.5) is 0 Å². The highest BCUT2D eigenvalue weighted by atomic mass is 15.2. The third-order valence-corrected chi connectivity index (χ3v) is 4.20. The van der Waals surface area contributed by atoms with Crippen LogP contribution in [0.1, 0.15) is 47.5 Å². The Labute approximate surface area is 102 Å². The standard InChI is InChI=1S/C14H30N2/c1-6-16(10-14(4,5)9-15)13-7-12(8-13)11(2)3/h11-13H,6-10,15H2,1-5H3. The van der Waals surface area contributed by atoms with Gasteiger partial charge in [-0.15, -0.1) is 0 Å². The topological polar surface area (TPSA) is 29.3 Å². The lowest BCUT2D eigenvalue weighted by atomic mass is 9.72. The summed E-state index contributed by atoms with van der Waals surface area (Å²) in [6.45, 7) is 14.6. The molecule has 0 spiro atoms. The van der Waals surface area contributed by atoms with Gasteiger partial charge in [-0.05, 0) is 43.2 Å². The highest BCUT2D eigenvalue weighted by Crippen LogP contribution is 2.37. The summed E-state index contributed by atoms with van der Waals surface area (Å²) in [6.07, 6.45) is 2.79. The van der Waals surface area contributed by atoms with Gasteiger partial charge in [0.2, 0.25) is 0 Å². The Balaban J connectivity index is 2.40. The third-order valence-electron chi connectivity index (χ3n) is 4.20. The van der Waals surface area contributed by atoms with E-state index in [0.717, 1.165) is 31.0 Å². The van der Waals surface area contributed by atoms with Gasteiger partial charge < -0.3 is 10.6 Å². The molecule has 1 rings (SSSR count). The molecular formula is C14H30N2. The second-order valence-corrected chi connectivity index (χ2v) is 6.56. The molecule has 0 unspecified atom stereocenters. The lowest BCUT2D eigenvalue weighted by molar-refractivity contribution is 0.0355. The molecule has 0 amide bonds. The third kappa shape index (κ3) is 3.46. The number of nitrogens with two attached hydrogens (primary N) is 1. The minimum absolute atomic E-state index is 0.263. The fourth-order valence-corrected chi connectivity index (χ4v) is 2.59. The van der Waals surface area contributed by atoms with Crippen molar-refractivity contribution in [3.05, 3.63) is 0 Å². The second-order valence-electron chi connectivity index (χ2n) is 6.56. The average molecular weight is 226 g/mol. The molecule has 1 aliphatic rings. The van der Waals surface area contributed by atoms with E-state index in [4.69, 9.17) is 5.73 Å². The Hall–Kier alpha value is -0.0800. The molecular weight excluding hydrogens is 196 g/mol. The van der Waals surface area contributed by atoms with Crippen molar-refractivity contribution in [3.8, 4) is 0 Å². The number of rotatable bonds is 6. The summed E-state index contributed by atoms with van der Waals surface area (Å²) in [5, 5.41) is 0. The summed E-state index contributed by atoms with van der Waals surface area (Å²) in [6, 6.07) is 0.822. The molecule has 0 heterocycles. The minimum Gasteiger partial charge on any atom is -0.330 e. The van der Waals surface area contributed by atoms with Crippen LogP contribution in [0.15, 0.2) is 0 Å². The summed E-state index contributed by atoms with van der Waals surface area (Å²) in [7, 11) is 0. The largest absolute Gasteiger partial charge is 0.330 e. The molecule has 0 aromatic rings. The van der Waals surface area contributed by atoms with Crippen molar-refractivity contribution in [1.29, 1.82) is 0 Å². The van der Waals surface area contributed by atoms with Crippen LogP contribution < -0.4 is 5.73 Å². The van der Waals surface area contributed by atoms with Gasteiger partial charge in [-0.3, -0.25) is 0 Å². The van der Waals surface area contributed by atoms with E-state index < -0.39 is 0 Å². The summed E-state index contributed by atoms with van der Waals surface area (Å²) >= 11 is 0. The maximum Gasteiger partial charge on any atom is 0.0101 e. The smallest absolute Gasteiger partial charge is 0.0101 e. The number of hydrogen-bond donors (Lipinski definition) is 1. The zero-order chi connectivity index (χ0) is 12.3. The first-order valence-electron chi connectivity index (χ1n) is 6.83. The van der Waals surface area contributed by atoms with Gasteiger partial charge in [0, 0.05) is 12.6 Å². The van der Waals surface area contributed by atoms with Crippen LogP contribution in [0.2, 0.25) is 0 Å². The van der Waals surface area contributed by atoms with E-state index >= 15 is 0 Å². The van der Waals surface area contributed by atoms with Gasteiger partial charge in [0.25, 0.3) is 0 Å². The van der Waals surface area contributed by atoms with Crippen LogP contribution in [0, 0.1) is 17.3 Å². The van der Waals surface area contributed by atoms with E-state index in [-0.39, 0.29) is 5.41 Å². The van der Waals surface area contributed by atoms with Crippen LogP contribution >= 0.6 is 0 Å². The maximum atomic E-state index is 5.82.